The van der Waals surface area contributed by atoms with Crippen molar-refractivity contribution in [3.63, 3.8) is 0 Å². The van der Waals surface area contributed by atoms with E-state index in [4.69, 9.17) is 0 Å². The molecule has 0 spiro atoms. The van der Waals surface area contributed by atoms with Crippen LogP contribution in [0.5, 0.6) is 0 Å². The molecule has 0 radical (unpaired) electrons. The molecule has 0 aliphatic rings. The van der Waals surface area contributed by atoms with E-state index in [1.54, 1.807) is 0 Å². The fraction of sp³-hybridized carbons (Fsp3) is 0.462. The molecule has 2 unspecified atom stereocenters. The van der Waals surface area contributed by atoms with Gasteiger partial charge in [0, 0.05) is 18.5 Å². The van der Waals surface area contributed by atoms with Gasteiger partial charge in [0.2, 0.25) is 0 Å². The molecule has 7 heteroatoms. The summed E-state index contributed by atoms with van der Waals surface area (Å²) in [6, 6.07) is 3.43. The van der Waals surface area contributed by atoms with Gasteiger partial charge >= 0.3 is 6.03 Å². The highest BCUT2D eigenvalue weighted by Gasteiger charge is 2.09. The molecule has 0 aliphatic heterocycles. The SMILES string of the molecule is CCCC(O)CNC(=O)Nc1ccc(S(C)=O)c(F)c1. The molecular formula is C13H19FN2O3S. The second-order valence-corrected chi connectivity index (χ2v) is 5.72. The molecule has 5 nitrogen and oxygen atoms in total. The van der Waals surface area contributed by atoms with E-state index in [0.717, 1.165) is 12.5 Å². The lowest BCUT2D eigenvalue weighted by Crippen LogP contribution is -2.35. The number of carbonyl (C=O) groups excluding carboxylic acids is 1. The highest BCUT2D eigenvalue weighted by Crippen LogP contribution is 2.16. The van der Waals surface area contributed by atoms with Crippen molar-refractivity contribution in [2.24, 2.45) is 0 Å². The predicted molar refractivity (Wildman–Crippen MR) is 76.7 cm³/mol. The summed E-state index contributed by atoms with van der Waals surface area (Å²) in [5.41, 5.74) is 0.263. The molecule has 0 saturated carbocycles. The van der Waals surface area contributed by atoms with Crippen molar-refractivity contribution in [3.8, 4) is 0 Å². The predicted octanol–water partition coefficient (Wildman–Crippen LogP) is 1.85. The lowest BCUT2D eigenvalue weighted by molar-refractivity contribution is 0.162. The van der Waals surface area contributed by atoms with Crippen LogP contribution >= 0.6 is 0 Å². The minimum atomic E-state index is -1.41. The zero-order valence-corrected chi connectivity index (χ0v) is 12.3. The molecule has 0 aromatic heterocycles. The number of aliphatic hydroxyl groups excluding tert-OH is 1. The summed E-state index contributed by atoms with van der Waals surface area (Å²) in [7, 11) is -1.41. The number of hydrogen-bond donors (Lipinski definition) is 3. The van der Waals surface area contributed by atoms with E-state index >= 15 is 0 Å². The minimum Gasteiger partial charge on any atom is -0.391 e. The third-order valence-corrected chi connectivity index (χ3v) is 3.57. The Hall–Kier alpha value is -1.47. The van der Waals surface area contributed by atoms with Gasteiger partial charge in [-0.3, -0.25) is 4.21 Å². The largest absolute Gasteiger partial charge is 0.391 e. The van der Waals surface area contributed by atoms with E-state index in [0.29, 0.717) is 6.42 Å². The van der Waals surface area contributed by atoms with Gasteiger partial charge in [-0.05, 0) is 24.6 Å². The highest BCUT2D eigenvalue weighted by atomic mass is 32.2. The van der Waals surface area contributed by atoms with Gasteiger partial charge in [0.05, 0.1) is 21.8 Å². The number of carbonyl (C=O) groups is 1. The van der Waals surface area contributed by atoms with Gasteiger partial charge in [-0.25, -0.2) is 9.18 Å². The van der Waals surface area contributed by atoms with Crippen LogP contribution in [-0.2, 0) is 10.8 Å². The molecule has 0 fully saturated rings. The average Bonchev–Trinajstić information content (AvgIpc) is 2.36. The third kappa shape index (κ3) is 5.26. The van der Waals surface area contributed by atoms with Crippen LogP contribution in [0.3, 0.4) is 0 Å². The number of halogens is 1. The third-order valence-electron chi connectivity index (χ3n) is 2.62. The molecular weight excluding hydrogens is 283 g/mol. The van der Waals surface area contributed by atoms with Gasteiger partial charge in [-0.1, -0.05) is 13.3 Å². The van der Waals surface area contributed by atoms with E-state index in [1.807, 2.05) is 6.92 Å². The molecule has 0 saturated heterocycles. The monoisotopic (exact) mass is 302 g/mol. The van der Waals surface area contributed by atoms with Crippen LogP contribution in [-0.4, -0.2) is 34.3 Å². The second-order valence-electron chi connectivity index (χ2n) is 4.38. The van der Waals surface area contributed by atoms with Crippen LogP contribution in [0.4, 0.5) is 14.9 Å². The fourth-order valence-electron chi connectivity index (χ4n) is 1.63. The second kappa shape index (κ2) is 7.96. The van der Waals surface area contributed by atoms with E-state index in [-0.39, 0.29) is 17.1 Å². The first-order valence-corrected chi connectivity index (χ1v) is 7.85. The Balaban J connectivity index is 2.54. The van der Waals surface area contributed by atoms with Crippen LogP contribution < -0.4 is 10.6 Å². The maximum atomic E-state index is 13.6. The van der Waals surface area contributed by atoms with Crippen molar-refractivity contribution in [1.29, 1.82) is 0 Å². The molecule has 1 aromatic carbocycles. The number of urea groups is 1. The lowest BCUT2D eigenvalue weighted by Gasteiger charge is -2.12. The topological polar surface area (TPSA) is 78.4 Å². The first-order chi connectivity index (χ1) is 9.43. The summed E-state index contributed by atoms with van der Waals surface area (Å²) in [4.78, 5) is 11.6. The number of anilines is 1. The maximum Gasteiger partial charge on any atom is 0.319 e. The van der Waals surface area contributed by atoms with Crippen LogP contribution in [0.15, 0.2) is 23.1 Å². The molecule has 1 aromatic rings. The Morgan fingerprint density at radius 1 is 1.50 bits per heavy atom. The van der Waals surface area contributed by atoms with Crippen LogP contribution in [0, 0.1) is 5.82 Å². The van der Waals surface area contributed by atoms with E-state index in [1.165, 1.54) is 18.4 Å². The van der Waals surface area contributed by atoms with Gasteiger partial charge in [0.1, 0.15) is 5.82 Å². The Labute approximate surface area is 120 Å². The molecule has 3 N–H and O–H groups in total. The van der Waals surface area contributed by atoms with Crippen molar-refractivity contribution in [2.45, 2.75) is 30.8 Å². The number of aliphatic hydroxyl groups is 1. The summed E-state index contributed by atoms with van der Waals surface area (Å²) >= 11 is 0. The van der Waals surface area contributed by atoms with Crippen molar-refractivity contribution < 1.29 is 18.5 Å². The maximum absolute atomic E-state index is 13.6. The van der Waals surface area contributed by atoms with Gasteiger partial charge < -0.3 is 15.7 Å². The Kier molecular flexibility index (Phi) is 6.60. The van der Waals surface area contributed by atoms with Crippen molar-refractivity contribution >= 4 is 22.5 Å². The van der Waals surface area contributed by atoms with Gasteiger partial charge in [0.25, 0.3) is 0 Å². The standard InChI is InChI=1S/C13H19FN2O3S/c1-3-4-10(17)8-15-13(18)16-9-5-6-12(20(2)19)11(14)7-9/h5-7,10,17H,3-4,8H2,1-2H3,(H2,15,16,18). The molecule has 0 aliphatic carbocycles. The van der Waals surface area contributed by atoms with E-state index in [2.05, 4.69) is 10.6 Å². The first kappa shape index (κ1) is 16.6. The number of rotatable bonds is 6. The summed E-state index contributed by atoms with van der Waals surface area (Å²) in [6.07, 6.45) is 2.22. The van der Waals surface area contributed by atoms with E-state index < -0.39 is 28.8 Å². The minimum absolute atomic E-state index is 0.0920. The molecule has 2 atom stereocenters. The van der Waals surface area contributed by atoms with Crippen LogP contribution in [0.1, 0.15) is 19.8 Å². The summed E-state index contributed by atoms with van der Waals surface area (Å²) < 4.78 is 24.7. The zero-order valence-electron chi connectivity index (χ0n) is 11.5. The van der Waals surface area contributed by atoms with Gasteiger partial charge in [-0.2, -0.15) is 0 Å². The average molecular weight is 302 g/mol. The quantitative estimate of drug-likeness (QED) is 0.750. The molecule has 0 bridgehead atoms. The number of amides is 2. The molecule has 2 amide bonds. The van der Waals surface area contributed by atoms with Crippen molar-refractivity contribution in [3.05, 3.63) is 24.0 Å². The molecule has 112 valence electrons. The smallest absolute Gasteiger partial charge is 0.319 e. The van der Waals surface area contributed by atoms with E-state index in [9.17, 15) is 18.5 Å². The lowest BCUT2D eigenvalue weighted by atomic mass is 10.2. The first-order valence-electron chi connectivity index (χ1n) is 6.30. The van der Waals surface area contributed by atoms with Crippen LogP contribution in [0.25, 0.3) is 0 Å². The summed E-state index contributed by atoms with van der Waals surface area (Å²) in [6.45, 7) is 2.07. The molecule has 0 heterocycles. The Morgan fingerprint density at radius 3 is 2.75 bits per heavy atom. The van der Waals surface area contributed by atoms with Gasteiger partial charge in [0.15, 0.2) is 0 Å². The zero-order chi connectivity index (χ0) is 15.1. The number of nitrogens with one attached hydrogen (secondary N) is 2. The number of hydrogen-bond acceptors (Lipinski definition) is 3. The van der Waals surface area contributed by atoms with Crippen molar-refractivity contribution in [2.75, 3.05) is 18.1 Å². The summed E-state index contributed by atoms with van der Waals surface area (Å²) in [5.74, 6) is -0.630. The molecule has 20 heavy (non-hydrogen) atoms. The van der Waals surface area contributed by atoms with Crippen molar-refractivity contribution in [1.82, 2.24) is 5.32 Å². The molecule has 1 rings (SSSR count). The Bertz CT molecular complexity index is 497. The van der Waals surface area contributed by atoms with Gasteiger partial charge in [-0.15, -0.1) is 0 Å². The van der Waals surface area contributed by atoms with Crippen LogP contribution in [0.2, 0.25) is 0 Å². The Morgan fingerprint density at radius 2 is 2.20 bits per heavy atom. The summed E-state index contributed by atoms with van der Waals surface area (Å²) in [5, 5.41) is 14.4. The fourth-order valence-corrected chi connectivity index (χ4v) is 2.23. The normalized spacial score (nSPS) is 13.6. The number of benzene rings is 1. The highest BCUT2D eigenvalue weighted by molar-refractivity contribution is 7.84.